The van der Waals surface area contributed by atoms with Crippen molar-refractivity contribution in [3.05, 3.63) is 53.0 Å². The van der Waals surface area contributed by atoms with E-state index in [2.05, 4.69) is 66.7 Å². The molecule has 0 aromatic heterocycles. The molecule has 0 amide bonds. The molecule has 0 unspecified atom stereocenters. The molecule has 28 heavy (non-hydrogen) atoms. The Morgan fingerprint density at radius 1 is 1.00 bits per heavy atom. The summed E-state index contributed by atoms with van der Waals surface area (Å²) in [6, 6.07) is 16.6. The van der Waals surface area contributed by atoms with E-state index in [4.69, 9.17) is 4.74 Å². The van der Waals surface area contributed by atoms with Gasteiger partial charge in [-0.05, 0) is 56.3 Å². The van der Waals surface area contributed by atoms with Crippen LogP contribution in [0.2, 0.25) is 0 Å². The molecule has 144 valence electrons. The van der Waals surface area contributed by atoms with E-state index >= 15 is 0 Å². The van der Waals surface area contributed by atoms with Gasteiger partial charge < -0.3 is 10.1 Å². The molecule has 0 saturated carbocycles. The maximum atomic E-state index is 6.16. The van der Waals surface area contributed by atoms with Gasteiger partial charge in [-0.3, -0.25) is 15.1 Å². The number of H-pyrrole nitrogens is 2. The Kier molecular flexibility index (Phi) is 4.74. The first-order valence-corrected chi connectivity index (χ1v) is 10.6. The number of halogens is 1. The Morgan fingerprint density at radius 3 is 2.71 bits per heavy atom. The van der Waals surface area contributed by atoms with Crippen LogP contribution in [0.4, 0.5) is 11.5 Å². The zero-order chi connectivity index (χ0) is 18.9. The van der Waals surface area contributed by atoms with Gasteiger partial charge in [0.2, 0.25) is 0 Å². The summed E-state index contributed by atoms with van der Waals surface area (Å²) in [5.41, 5.74) is 3.25. The van der Waals surface area contributed by atoms with Gasteiger partial charge in [0.15, 0.2) is 0 Å². The molecule has 0 radical (unpaired) electrons. The van der Waals surface area contributed by atoms with Gasteiger partial charge in [0.1, 0.15) is 18.2 Å². The molecule has 3 aliphatic rings. The van der Waals surface area contributed by atoms with Crippen molar-refractivity contribution in [2.45, 2.75) is 12.8 Å². The molecule has 0 bridgehead atoms. The van der Waals surface area contributed by atoms with Crippen LogP contribution < -0.4 is 10.1 Å². The van der Waals surface area contributed by atoms with Gasteiger partial charge in [0, 0.05) is 33.0 Å². The van der Waals surface area contributed by atoms with Crippen LogP contribution in [0.15, 0.2) is 53.0 Å². The zero-order valence-electron chi connectivity index (χ0n) is 15.6. The molecule has 2 aromatic carbocycles. The van der Waals surface area contributed by atoms with E-state index in [1.165, 1.54) is 31.3 Å². The summed E-state index contributed by atoms with van der Waals surface area (Å²) in [5, 5.41) is 12.4. The molecule has 1 fully saturated rings. The SMILES string of the molecule is Brc1cccc(Nc2[nH][nH]c3c4cccc(OCCN5CCCC5)c4cc2-3)c1. The quantitative estimate of drug-likeness (QED) is 0.368. The second-order valence-corrected chi connectivity index (χ2v) is 8.22. The molecule has 5 nitrogen and oxygen atoms in total. The number of hydrogen-bond donors (Lipinski definition) is 3. The predicted octanol–water partition coefficient (Wildman–Crippen LogP) is 5.58. The van der Waals surface area contributed by atoms with Crippen molar-refractivity contribution in [3.63, 3.8) is 0 Å². The number of ether oxygens (including phenoxy) is 1. The summed E-state index contributed by atoms with van der Waals surface area (Å²) in [7, 11) is 0. The third kappa shape index (κ3) is 3.38. The number of benzene rings is 2. The summed E-state index contributed by atoms with van der Waals surface area (Å²) in [6.45, 7) is 4.13. The van der Waals surface area contributed by atoms with E-state index in [1.54, 1.807) is 0 Å². The molecule has 0 spiro atoms. The lowest BCUT2D eigenvalue weighted by Crippen LogP contribution is -2.25. The van der Waals surface area contributed by atoms with Gasteiger partial charge in [-0.25, -0.2) is 0 Å². The molecule has 3 N–H and O–H groups in total. The highest BCUT2D eigenvalue weighted by atomic mass is 79.9. The number of anilines is 2. The van der Waals surface area contributed by atoms with Crippen molar-refractivity contribution >= 4 is 38.2 Å². The Balaban J connectivity index is 1.40. The first kappa shape index (κ1) is 17.6. The Labute approximate surface area is 172 Å². The number of hydrogen-bond acceptors (Lipinski definition) is 3. The fourth-order valence-electron chi connectivity index (χ4n) is 4.02. The number of nitrogens with zero attached hydrogens (tertiary/aromatic N) is 1. The van der Waals surface area contributed by atoms with Crippen LogP contribution >= 0.6 is 15.9 Å². The largest absolute Gasteiger partial charge is 0.492 e. The standard InChI is InChI=1S/C22H23BrN4O/c23-15-5-3-6-16(13-15)24-22-19-14-18-17(21(19)25-26-22)7-4-8-20(18)28-12-11-27-9-1-2-10-27/h3-8,13-14,24-26H,1-2,9-12H2. The summed E-state index contributed by atoms with van der Waals surface area (Å²) in [4.78, 5) is 2.48. The fraction of sp³-hybridized carbons (Fsp3) is 0.273. The number of aromatic amines is 2. The molecule has 2 aliphatic heterocycles. The van der Waals surface area contributed by atoms with Gasteiger partial charge >= 0.3 is 0 Å². The van der Waals surface area contributed by atoms with Crippen LogP contribution in [-0.4, -0.2) is 41.3 Å². The minimum Gasteiger partial charge on any atom is -0.492 e. The molecule has 2 aromatic rings. The molecule has 5 rings (SSSR count). The number of fused-ring (bicyclic) bond motifs is 3. The maximum absolute atomic E-state index is 6.16. The van der Waals surface area contributed by atoms with Gasteiger partial charge in [-0.15, -0.1) is 0 Å². The second-order valence-electron chi connectivity index (χ2n) is 7.31. The Hall–Kier alpha value is -2.44. The molecule has 0 atom stereocenters. The van der Waals surface area contributed by atoms with Crippen molar-refractivity contribution in [1.29, 1.82) is 0 Å². The van der Waals surface area contributed by atoms with Crippen LogP contribution in [0.1, 0.15) is 12.8 Å². The molecule has 6 heteroatoms. The van der Waals surface area contributed by atoms with Crippen LogP contribution in [0.3, 0.4) is 0 Å². The third-order valence-corrected chi connectivity index (χ3v) is 5.93. The van der Waals surface area contributed by atoms with Gasteiger partial charge in [-0.1, -0.05) is 34.1 Å². The number of likely N-dealkylation sites (tertiary alicyclic amines) is 1. The second kappa shape index (κ2) is 7.53. The maximum Gasteiger partial charge on any atom is 0.132 e. The summed E-state index contributed by atoms with van der Waals surface area (Å²) >= 11 is 3.52. The molecular formula is C22H23BrN4O. The van der Waals surface area contributed by atoms with Crippen LogP contribution in [0, 0.1) is 0 Å². The first-order chi connectivity index (χ1) is 13.8. The van der Waals surface area contributed by atoms with E-state index in [1.807, 2.05) is 18.2 Å². The summed E-state index contributed by atoms with van der Waals surface area (Å²) in [5.74, 6) is 1.90. The van der Waals surface area contributed by atoms with Crippen LogP contribution in [0.25, 0.3) is 22.0 Å². The van der Waals surface area contributed by atoms with Gasteiger partial charge in [0.05, 0.1) is 5.69 Å². The molecule has 1 saturated heterocycles. The summed E-state index contributed by atoms with van der Waals surface area (Å²) in [6.07, 6.45) is 2.63. The van der Waals surface area contributed by atoms with E-state index in [0.29, 0.717) is 0 Å². The van der Waals surface area contributed by atoms with Crippen LogP contribution in [-0.2, 0) is 0 Å². The highest BCUT2D eigenvalue weighted by molar-refractivity contribution is 9.10. The van der Waals surface area contributed by atoms with Gasteiger partial charge in [0.25, 0.3) is 0 Å². The molecule has 2 heterocycles. The Bertz CT molecular complexity index is 1060. The van der Waals surface area contributed by atoms with Crippen molar-refractivity contribution in [2.24, 2.45) is 0 Å². The number of aromatic nitrogens is 2. The topological polar surface area (TPSA) is 56.1 Å². The average molecular weight is 439 g/mol. The fourth-order valence-corrected chi connectivity index (χ4v) is 4.42. The minimum atomic E-state index is 0.730. The predicted molar refractivity (Wildman–Crippen MR) is 118 cm³/mol. The smallest absolute Gasteiger partial charge is 0.132 e. The highest BCUT2D eigenvalue weighted by Crippen LogP contribution is 2.41. The van der Waals surface area contributed by atoms with E-state index < -0.39 is 0 Å². The molecule has 1 aliphatic carbocycles. The third-order valence-electron chi connectivity index (χ3n) is 5.43. The summed E-state index contributed by atoms with van der Waals surface area (Å²) < 4.78 is 7.21. The first-order valence-electron chi connectivity index (χ1n) is 9.77. The molecular weight excluding hydrogens is 416 g/mol. The van der Waals surface area contributed by atoms with Crippen LogP contribution in [0.5, 0.6) is 5.75 Å². The minimum absolute atomic E-state index is 0.730. The highest BCUT2D eigenvalue weighted by Gasteiger charge is 2.19. The van der Waals surface area contributed by atoms with E-state index in [9.17, 15) is 0 Å². The number of nitrogens with one attached hydrogen (secondary N) is 3. The van der Waals surface area contributed by atoms with E-state index in [-0.39, 0.29) is 0 Å². The normalized spacial score (nSPS) is 14.9. The Morgan fingerprint density at radius 2 is 1.86 bits per heavy atom. The average Bonchev–Trinajstić information content (AvgIpc) is 3.41. The lowest BCUT2D eigenvalue weighted by atomic mass is 10.2. The lowest BCUT2D eigenvalue weighted by molar-refractivity contribution is 0.239. The monoisotopic (exact) mass is 438 g/mol. The van der Waals surface area contributed by atoms with Gasteiger partial charge in [-0.2, -0.15) is 0 Å². The van der Waals surface area contributed by atoms with Crippen molar-refractivity contribution in [3.8, 4) is 17.0 Å². The van der Waals surface area contributed by atoms with Crippen molar-refractivity contribution in [2.75, 3.05) is 31.6 Å². The van der Waals surface area contributed by atoms with E-state index in [0.717, 1.165) is 51.5 Å². The van der Waals surface area contributed by atoms with Crippen molar-refractivity contribution in [1.82, 2.24) is 15.1 Å². The zero-order valence-corrected chi connectivity index (χ0v) is 17.2. The number of rotatable bonds is 6. The lowest BCUT2D eigenvalue weighted by Gasteiger charge is -2.15. The van der Waals surface area contributed by atoms with Crippen molar-refractivity contribution < 1.29 is 4.74 Å².